The first-order valence-corrected chi connectivity index (χ1v) is 5.80. The van der Waals surface area contributed by atoms with Crippen molar-refractivity contribution in [3.8, 4) is 0 Å². The van der Waals surface area contributed by atoms with E-state index in [1.165, 1.54) is 6.07 Å². The van der Waals surface area contributed by atoms with Crippen LogP contribution in [0.3, 0.4) is 0 Å². The molecule has 0 heterocycles. The van der Waals surface area contributed by atoms with Gasteiger partial charge in [-0.05, 0) is 38.0 Å². The molecule has 0 aliphatic rings. The van der Waals surface area contributed by atoms with Gasteiger partial charge < -0.3 is 10.6 Å². The summed E-state index contributed by atoms with van der Waals surface area (Å²) in [4.78, 5) is 2.15. The van der Waals surface area contributed by atoms with Crippen LogP contribution in [0.5, 0.6) is 0 Å². The number of halogens is 1. The van der Waals surface area contributed by atoms with Gasteiger partial charge in [0, 0.05) is 24.8 Å². The summed E-state index contributed by atoms with van der Waals surface area (Å²) >= 11 is 0. The Bertz CT molecular complexity index is 325. The van der Waals surface area contributed by atoms with Gasteiger partial charge in [0.25, 0.3) is 0 Å². The third-order valence-electron chi connectivity index (χ3n) is 2.96. The number of nitrogens with two attached hydrogens (primary N) is 1. The minimum absolute atomic E-state index is 0.155. The molecule has 0 bridgehead atoms. The lowest BCUT2D eigenvalue weighted by Gasteiger charge is -2.28. The molecule has 0 saturated heterocycles. The summed E-state index contributed by atoms with van der Waals surface area (Å²) in [5, 5.41) is 0. The second-order valence-electron chi connectivity index (χ2n) is 4.35. The van der Waals surface area contributed by atoms with Crippen molar-refractivity contribution in [3.05, 3.63) is 30.1 Å². The molecule has 90 valence electrons. The summed E-state index contributed by atoms with van der Waals surface area (Å²) in [6.07, 6.45) is 0. The Balaban J connectivity index is 2.74. The molecule has 0 aliphatic carbocycles. The topological polar surface area (TPSA) is 29.3 Å². The van der Waals surface area contributed by atoms with Crippen molar-refractivity contribution in [2.24, 2.45) is 11.7 Å². The lowest BCUT2D eigenvalue weighted by atomic mass is 10.0. The maximum absolute atomic E-state index is 13.1. The van der Waals surface area contributed by atoms with Gasteiger partial charge in [-0.15, -0.1) is 0 Å². The Kier molecular flexibility index (Phi) is 4.74. The minimum Gasteiger partial charge on any atom is -0.371 e. The standard InChI is InChI=1S/C13H21FN2/c1-4-16(9-10(2)11(3)15)13-7-5-6-12(14)8-13/h5-8,10-11H,4,9,15H2,1-3H3. The number of rotatable bonds is 5. The van der Waals surface area contributed by atoms with Gasteiger partial charge in [0.05, 0.1) is 0 Å². The minimum atomic E-state index is -0.190. The molecule has 0 aliphatic heterocycles. The van der Waals surface area contributed by atoms with Crippen LogP contribution < -0.4 is 10.6 Å². The third kappa shape index (κ3) is 3.49. The van der Waals surface area contributed by atoms with Gasteiger partial charge in [-0.1, -0.05) is 13.0 Å². The molecule has 16 heavy (non-hydrogen) atoms. The summed E-state index contributed by atoms with van der Waals surface area (Å²) in [5.74, 6) is 0.201. The van der Waals surface area contributed by atoms with E-state index < -0.39 is 0 Å². The zero-order valence-electron chi connectivity index (χ0n) is 10.3. The molecule has 0 aromatic heterocycles. The molecule has 1 aromatic carbocycles. The first-order chi connectivity index (χ1) is 7.54. The average molecular weight is 224 g/mol. The highest BCUT2D eigenvalue weighted by molar-refractivity contribution is 5.46. The van der Waals surface area contributed by atoms with E-state index >= 15 is 0 Å². The predicted molar refractivity (Wildman–Crippen MR) is 67.1 cm³/mol. The van der Waals surface area contributed by atoms with Crippen LogP contribution in [0.25, 0.3) is 0 Å². The molecule has 1 aromatic rings. The molecule has 2 unspecified atom stereocenters. The third-order valence-corrected chi connectivity index (χ3v) is 2.96. The van der Waals surface area contributed by atoms with Crippen molar-refractivity contribution in [2.75, 3.05) is 18.0 Å². The summed E-state index contributed by atoms with van der Waals surface area (Å²) in [6.45, 7) is 7.91. The molecule has 0 radical (unpaired) electrons. The van der Waals surface area contributed by atoms with E-state index in [4.69, 9.17) is 5.73 Å². The maximum Gasteiger partial charge on any atom is 0.125 e. The monoisotopic (exact) mass is 224 g/mol. The first kappa shape index (κ1) is 13.0. The highest BCUT2D eigenvalue weighted by Gasteiger charge is 2.13. The molecule has 0 spiro atoms. The molecule has 1 rings (SSSR count). The normalized spacial score (nSPS) is 14.6. The summed E-state index contributed by atoms with van der Waals surface area (Å²) < 4.78 is 13.1. The summed E-state index contributed by atoms with van der Waals surface area (Å²) in [5.41, 5.74) is 6.77. The van der Waals surface area contributed by atoms with E-state index in [0.29, 0.717) is 5.92 Å². The lowest BCUT2D eigenvalue weighted by molar-refractivity contribution is 0.478. The van der Waals surface area contributed by atoms with Crippen LogP contribution >= 0.6 is 0 Å². The SMILES string of the molecule is CCN(CC(C)C(C)N)c1cccc(F)c1. The van der Waals surface area contributed by atoms with Gasteiger partial charge in [-0.3, -0.25) is 0 Å². The quantitative estimate of drug-likeness (QED) is 0.833. The molecule has 0 fully saturated rings. The fourth-order valence-electron chi connectivity index (χ4n) is 1.60. The maximum atomic E-state index is 13.1. The molecule has 0 amide bonds. The van der Waals surface area contributed by atoms with Crippen LogP contribution in [0.15, 0.2) is 24.3 Å². The van der Waals surface area contributed by atoms with Crippen LogP contribution in [0, 0.1) is 11.7 Å². The Morgan fingerprint density at radius 3 is 2.56 bits per heavy atom. The fourth-order valence-corrected chi connectivity index (χ4v) is 1.60. The van der Waals surface area contributed by atoms with Crippen LogP contribution in [-0.2, 0) is 0 Å². The second kappa shape index (κ2) is 5.85. The van der Waals surface area contributed by atoms with Crippen LogP contribution in [0.4, 0.5) is 10.1 Å². The number of nitrogens with zero attached hydrogens (tertiary/aromatic N) is 1. The van der Waals surface area contributed by atoms with Crippen molar-refractivity contribution >= 4 is 5.69 Å². The van der Waals surface area contributed by atoms with E-state index in [-0.39, 0.29) is 11.9 Å². The Hall–Kier alpha value is -1.09. The average Bonchev–Trinajstić information content (AvgIpc) is 2.25. The summed E-state index contributed by atoms with van der Waals surface area (Å²) in [7, 11) is 0. The van der Waals surface area contributed by atoms with E-state index in [9.17, 15) is 4.39 Å². The Morgan fingerprint density at radius 2 is 2.06 bits per heavy atom. The Labute approximate surface area is 97.3 Å². The van der Waals surface area contributed by atoms with Gasteiger partial charge in [-0.25, -0.2) is 4.39 Å². The van der Waals surface area contributed by atoms with Crippen molar-refractivity contribution < 1.29 is 4.39 Å². The zero-order valence-corrected chi connectivity index (χ0v) is 10.3. The highest BCUT2D eigenvalue weighted by atomic mass is 19.1. The van der Waals surface area contributed by atoms with E-state index in [1.807, 2.05) is 13.0 Å². The molecular formula is C13H21FN2. The number of hydrogen-bond acceptors (Lipinski definition) is 2. The van der Waals surface area contributed by atoms with Crippen LogP contribution in [0.2, 0.25) is 0 Å². The zero-order chi connectivity index (χ0) is 12.1. The van der Waals surface area contributed by atoms with Crippen molar-refractivity contribution in [3.63, 3.8) is 0 Å². The van der Waals surface area contributed by atoms with Gasteiger partial charge >= 0.3 is 0 Å². The van der Waals surface area contributed by atoms with E-state index in [0.717, 1.165) is 18.8 Å². The van der Waals surface area contributed by atoms with Crippen molar-refractivity contribution in [1.82, 2.24) is 0 Å². The Morgan fingerprint density at radius 1 is 1.38 bits per heavy atom. The van der Waals surface area contributed by atoms with E-state index in [2.05, 4.69) is 18.7 Å². The van der Waals surface area contributed by atoms with Crippen molar-refractivity contribution in [2.45, 2.75) is 26.8 Å². The fraction of sp³-hybridized carbons (Fsp3) is 0.538. The van der Waals surface area contributed by atoms with Gasteiger partial charge in [0.2, 0.25) is 0 Å². The van der Waals surface area contributed by atoms with Gasteiger partial charge in [-0.2, -0.15) is 0 Å². The molecular weight excluding hydrogens is 203 g/mol. The number of benzene rings is 1. The van der Waals surface area contributed by atoms with Gasteiger partial charge in [0.1, 0.15) is 5.82 Å². The largest absolute Gasteiger partial charge is 0.371 e. The predicted octanol–water partition coefficient (Wildman–Crippen LogP) is 2.64. The highest BCUT2D eigenvalue weighted by Crippen LogP contribution is 2.17. The van der Waals surface area contributed by atoms with Crippen molar-refractivity contribution in [1.29, 1.82) is 0 Å². The molecule has 2 atom stereocenters. The van der Waals surface area contributed by atoms with Gasteiger partial charge in [0.15, 0.2) is 0 Å². The summed E-state index contributed by atoms with van der Waals surface area (Å²) in [6, 6.07) is 6.86. The smallest absolute Gasteiger partial charge is 0.125 e. The molecule has 2 nitrogen and oxygen atoms in total. The first-order valence-electron chi connectivity index (χ1n) is 5.80. The number of anilines is 1. The number of hydrogen-bond donors (Lipinski definition) is 1. The molecule has 3 heteroatoms. The van der Waals surface area contributed by atoms with Crippen LogP contribution in [0.1, 0.15) is 20.8 Å². The lowest BCUT2D eigenvalue weighted by Crippen LogP contribution is -2.36. The van der Waals surface area contributed by atoms with Crippen LogP contribution in [-0.4, -0.2) is 19.1 Å². The molecule has 0 saturated carbocycles. The second-order valence-corrected chi connectivity index (χ2v) is 4.35. The molecule has 2 N–H and O–H groups in total. The van der Waals surface area contributed by atoms with E-state index in [1.54, 1.807) is 12.1 Å².